The highest BCUT2D eigenvalue weighted by atomic mass is 35.5. The lowest BCUT2D eigenvalue weighted by Gasteiger charge is -2.29. The van der Waals surface area contributed by atoms with Gasteiger partial charge < -0.3 is 10.1 Å². The highest BCUT2D eigenvalue weighted by Crippen LogP contribution is 2.34. The first-order chi connectivity index (χ1) is 12.6. The Kier molecular flexibility index (Phi) is 4.57. The molecule has 0 amide bonds. The van der Waals surface area contributed by atoms with E-state index in [1.165, 1.54) is 5.56 Å². The van der Waals surface area contributed by atoms with Crippen LogP contribution in [-0.2, 0) is 13.2 Å². The van der Waals surface area contributed by atoms with Crippen molar-refractivity contribution in [1.82, 2.24) is 14.7 Å². The van der Waals surface area contributed by atoms with Crippen LogP contribution in [0.3, 0.4) is 0 Å². The molecule has 2 aromatic carbocycles. The van der Waals surface area contributed by atoms with E-state index >= 15 is 0 Å². The zero-order chi connectivity index (χ0) is 18.1. The maximum atomic E-state index is 6.17. The second kappa shape index (κ2) is 7.02. The second-order valence-corrected chi connectivity index (χ2v) is 6.91. The van der Waals surface area contributed by atoms with E-state index in [9.17, 15) is 0 Å². The molecule has 0 unspecified atom stereocenters. The Hall–Kier alpha value is -2.50. The zero-order valence-corrected chi connectivity index (χ0v) is 15.6. The molecule has 0 radical (unpaired) electrons. The highest BCUT2D eigenvalue weighted by Gasteiger charge is 2.23. The van der Waals surface area contributed by atoms with Gasteiger partial charge in [-0.15, -0.1) is 0 Å². The summed E-state index contributed by atoms with van der Waals surface area (Å²) in [7, 11) is 1.68. The van der Waals surface area contributed by atoms with Crippen LogP contribution in [0, 0.1) is 6.92 Å². The van der Waals surface area contributed by atoms with Gasteiger partial charge in [0.15, 0.2) is 0 Å². The van der Waals surface area contributed by atoms with Crippen molar-refractivity contribution in [3.05, 3.63) is 64.8 Å². The Morgan fingerprint density at radius 2 is 2.00 bits per heavy atom. The smallest absolute Gasteiger partial charge is 0.135 e. The molecule has 6 heteroatoms. The Morgan fingerprint density at radius 1 is 1.19 bits per heavy atom. The van der Waals surface area contributed by atoms with Crippen LogP contribution < -0.4 is 10.1 Å². The van der Waals surface area contributed by atoms with Crippen molar-refractivity contribution >= 4 is 17.4 Å². The van der Waals surface area contributed by atoms with Crippen molar-refractivity contribution in [3.63, 3.8) is 0 Å². The number of benzene rings is 2. The predicted molar refractivity (Wildman–Crippen MR) is 104 cm³/mol. The van der Waals surface area contributed by atoms with Crippen molar-refractivity contribution < 1.29 is 4.74 Å². The van der Waals surface area contributed by atoms with E-state index in [1.807, 2.05) is 41.9 Å². The largest absolute Gasteiger partial charge is 0.497 e. The standard InChI is InChI=1S/C20H21ClN4O/c1-14-19(16-4-3-5-17(21)10-16)20-22-12-24(13-25(20)23-14)11-15-6-8-18(26-2)9-7-15/h3-10,22H,11-13H2,1-2H3. The van der Waals surface area contributed by atoms with Crippen molar-refractivity contribution in [3.8, 4) is 16.9 Å². The summed E-state index contributed by atoms with van der Waals surface area (Å²) in [5.74, 6) is 1.93. The minimum Gasteiger partial charge on any atom is -0.497 e. The number of aromatic nitrogens is 2. The van der Waals surface area contributed by atoms with Crippen molar-refractivity contribution in [2.24, 2.45) is 0 Å². The van der Waals surface area contributed by atoms with Crippen LogP contribution in [0.4, 0.5) is 5.82 Å². The van der Waals surface area contributed by atoms with E-state index in [2.05, 4.69) is 28.4 Å². The molecule has 1 aromatic heterocycles. The maximum Gasteiger partial charge on any atom is 0.135 e. The Balaban J connectivity index is 1.55. The topological polar surface area (TPSA) is 42.3 Å². The fourth-order valence-corrected chi connectivity index (χ4v) is 3.56. The lowest BCUT2D eigenvalue weighted by Crippen LogP contribution is -2.36. The quantitative estimate of drug-likeness (QED) is 0.742. The van der Waals surface area contributed by atoms with Gasteiger partial charge in [0.25, 0.3) is 0 Å². The molecule has 5 nitrogen and oxygen atoms in total. The van der Waals surface area contributed by atoms with Gasteiger partial charge in [-0.3, -0.25) is 4.90 Å². The predicted octanol–water partition coefficient (Wildman–Crippen LogP) is 4.36. The number of aryl methyl sites for hydroxylation is 1. The van der Waals surface area contributed by atoms with E-state index in [1.54, 1.807) is 7.11 Å². The van der Waals surface area contributed by atoms with Crippen LogP contribution in [0.15, 0.2) is 48.5 Å². The molecule has 0 fully saturated rings. The number of rotatable bonds is 4. The number of methoxy groups -OCH3 is 1. The molecule has 26 heavy (non-hydrogen) atoms. The Bertz CT molecular complexity index is 920. The summed E-state index contributed by atoms with van der Waals surface area (Å²) in [6.07, 6.45) is 0. The number of anilines is 1. The number of ether oxygens (including phenoxy) is 1. The minimum absolute atomic E-state index is 0.735. The van der Waals surface area contributed by atoms with E-state index in [4.69, 9.17) is 21.4 Å². The average Bonchev–Trinajstić information content (AvgIpc) is 2.97. The molecule has 0 saturated carbocycles. The number of nitrogens with zero attached hydrogens (tertiary/aromatic N) is 3. The SMILES string of the molecule is COc1ccc(CN2CNc3c(-c4cccc(Cl)c4)c(C)nn3C2)cc1. The van der Waals surface area contributed by atoms with E-state index < -0.39 is 0 Å². The summed E-state index contributed by atoms with van der Waals surface area (Å²) in [6, 6.07) is 16.1. The molecular formula is C20H21ClN4O. The normalized spacial score (nSPS) is 14.0. The molecular weight excluding hydrogens is 348 g/mol. The summed E-state index contributed by atoms with van der Waals surface area (Å²) in [5, 5.41) is 8.98. The lowest BCUT2D eigenvalue weighted by molar-refractivity contribution is 0.198. The number of fused-ring (bicyclic) bond motifs is 1. The second-order valence-electron chi connectivity index (χ2n) is 6.47. The molecule has 134 valence electrons. The number of halogens is 1. The zero-order valence-electron chi connectivity index (χ0n) is 14.9. The van der Waals surface area contributed by atoms with Gasteiger partial charge in [0.1, 0.15) is 11.6 Å². The van der Waals surface area contributed by atoms with E-state index in [0.717, 1.165) is 53.3 Å². The third kappa shape index (κ3) is 3.28. The number of nitrogens with one attached hydrogen (secondary N) is 1. The van der Waals surface area contributed by atoms with E-state index in [0.29, 0.717) is 0 Å². The highest BCUT2D eigenvalue weighted by molar-refractivity contribution is 6.30. The third-order valence-electron chi connectivity index (χ3n) is 4.61. The lowest BCUT2D eigenvalue weighted by atomic mass is 10.1. The minimum atomic E-state index is 0.735. The molecule has 1 aliphatic rings. The summed E-state index contributed by atoms with van der Waals surface area (Å²) in [5.41, 5.74) is 4.46. The Labute approximate surface area is 158 Å². The van der Waals surface area contributed by atoms with Crippen molar-refractivity contribution in [2.45, 2.75) is 20.1 Å². The molecule has 4 rings (SSSR count). The van der Waals surface area contributed by atoms with E-state index in [-0.39, 0.29) is 0 Å². The van der Waals surface area contributed by atoms with Crippen LogP contribution in [0.2, 0.25) is 5.02 Å². The summed E-state index contributed by atoms with van der Waals surface area (Å²) >= 11 is 6.17. The molecule has 2 heterocycles. The molecule has 1 N–H and O–H groups in total. The maximum absolute atomic E-state index is 6.17. The fraction of sp³-hybridized carbons (Fsp3) is 0.250. The first-order valence-corrected chi connectivity index (χ1v) is 8.94. The molecule has 0 saturated heterocycles. The molecule has 0 atom stereocenters. The first kappa shape index (κ1) is 16.9. The molecule has 0 aliphatic carbocycles. The Morgan fingerprint density at radius 3 is 2.73 bits per heavy atom. The fourth-order valence-electron chi connectivity index (χ4n) is 3.37. The van der Waals surface area contributed by atoms with Crippen LogP contribution in [0.25, 0.3) is 11.1 Å². The third-order valence-corrected chi connectivity index (χ3v) is 4.85. The van der Waals surface area contributed by atoms with Gasteiger partial charge in [0, 0.05) is 17.1 Å². The van der Waals surface area contributed by atoms with Crippen LogP contribution in [0.5, 0.6) is 5.75 Å². The summed E-state index contributed by atoms with van der Waals surface area (Å²) in [6.45, 7) is 4.40. The first-order valence-electron chi connectivity index (χ1n) is 8.56. The molecule has 1 aliphatic heterocycles. The monoisotopic (exact) mass is 368 g/mol. The molecule has 0 spiro atoms. The van der Waals surface area contributed by atoms with Crippen LogP contribution >= 0.6 is 11.6 Å². The van der Waals surface area contributed by atoms with Gasteiger partial charge in [-0.25, -0.2) is 4.68 Å². The summed E-state index contributed by atoms with van der Waals surface area (Å²) in [4.78, 5) is 2.31. The number of hydrogen-bond donors (Lipinski definition) is 1. The number of hydrogen-bond acceptors (Lipinski definition) is 4. The molecule has 3 aromatic rings. The van der Waals surface area contributed by atoms with Crippen LogP contribution in [-0.4, -0.2) is 28.5 Å². The van der Waals surface area contributed by atoms with Crippen LogP contribution in [0.1, 0.15) is 11.3 Å². The van der Waals surface area contributed by atoms with Gasteiger partial charge >= 0.3 is 0 Å². The molecule has 0 bridgehead atoms. The van der Waals surface area contributed by atoms with Gasteiger partial charge in [-0.05, 0) is 42.3 Å². The van der Waals surface area contributed by atoms with Gasteiger partial charge in [-0.2, -0.15) is 5.10 Å². The summed E-state index contributed by atoms with van der Waals surface area (Å²) < 4.78 is 7.25. The van der Waals surface area contributed by atoms with Crippen molar-refractivity contribution in [1.29, 1.82) is 0 Å². The van der Waals surface area contributed by atoms with Gasteiger partial charge in [-0.1, -0.05) is 35.9 Å². The van der Waals surface area contributed by atoms with Gasteiger partial charge in [0.2, 0.25) is 0 Å². The van der Waals surface area contributed by atoms with Gasteiger partial charge in [0.05, 0.1) is 26.1 Å². The average molecular weight is 369 g/mol. The van der Waals surface area contributed by atoms with Crippen molar-refractivity contribution in [2.75, 3.05) is 19.1 Å².